The summed E-state index contributed by atoms with van der Waals surface area (Å²) in [6, 6.07) is 7.33. The Kier molecular flexibility index (Phi) is 6.39. The van der Waals surface area contributed by atoms with Gasteiger partial charge in [0.2, 0.25) is 10.0 Å². The highest BCUT2D eigenvalue weighted by Gasteiger charge is 2.35. The molecule has 1 amide bonds. The first kappa shape index (κ1) is 22.5. The number of piperazine rings is 1. The van der Waals surface area contributed by atoms with Crippen molar-refractivity contribution >= 4 is 27.7 Å². The van der Waals surface area contributed by atoms with Crippen molar-refractivity contribution < 1.29 is 35.2 Å². The molecule has 162 valence electrons. The summed E-state index contributed by atoms with van der Waals surface area (Å²) in [5, 5.41) is 0. The second kappa shape index (κ2) is 8.52. The molecule has 0 saturated carbocycles. The van der Waals surface area contributed by atoms with Crippen LogP contribution in [0.3, 0.4) is 0 Å². The summed E-state index contributed by atoms with van der Waals surface area (Å²) in [7, 11) is -4.33. The maximum absolute atomic E-state index is 13.9. The number of benzene rings is 2. The predicted molar refractivity (Wildman–Crippen MR) is 99.4 cm³/mol. The van der Waals surface area contributed by atoms with Crippen LogP contribution >= 0.6 is 11.8 Å². The van der Waals surface area contributed by atoms with Crippen molar-refractivity contribution in [2.75, 3.05) is 26.2 Å². The molecule has 0 atom stereocenters. The third-order valence-corrected chi connectivity index (χ3v) is 7.10. The minimum absolute atomic E-state index is 0.111. The molecular formula is C18H15F5N2O3S2. The van der Waals surface area contributed by atoms with Crippen molar-refractivity contribution in [2.24, 2.45) is 0 Å². The highest BCUT2D eigenvalue weighted by atomic mass is 32.2. The molecule has 0 bridgehead atoms. The second-order valence-electron chi connectivity index (χ2n) is 6.31. The van der Waals surface area contributed by atoms with Crippen LogP contribution < -0.4 is 0 Å². The number of sulfonamides is 1. The van der Waals surface area contributed by atoms with Gasteiger partial charge in [0.05, 0.1) is 5.56 Å². The molecule has 1 saturated heterocycles. The number of nitrogens with zero attached hydrogens (tertiary/aromatic N) is 2. The van der Waals surface area contributed by atoms with Crippen LogP contribution in [0.5, 0.6) is 0 Å². The lowest BCUT2D eigenvalue weighted by Crippen LogP contribution is -2.50. The van der Waals surface area contributed by atoms with Crippen LogP contribution in [-0.2, 0) is 10.0 Å². The van der Waals surface area contributed by atoms with E-state index in [4.69, 9.17) is 0 Å². The molecule has 1 aliphatic heterocycles. The van der Waals surface area contributed by atoms with Gasteiger partial charge in [-0.05, 0) is 42.1 Å². The fourth-order valence-corrected chi connectivity index (χ4v) is 5.13. The number of carbonyl (C=O) groups is 1. The second-order valence-corrected chi connectivity index (χ2v) is 9.33. The zero-order chi connectivity index (χ0) is 22.1. The Morgan fingerprint density at radius 1 is 0.967 bits per heavy atom. The average molecular weight is 466 g/mol. The zero-order valence-electron chi connectivity index (χ0n) is 15.2. The summed E-state index contributed by atoms with van der Waals surface area (Å²) < 4.78 is 91.6. The van der Waals surface area contributed by atoms with Crippen molar-refractivity contribution in [1.82, 2.24) is 9.21 Å². The standard InChI is InChI=1S/C18H15F5N2O3S2/c19-12-5-6-14(20)16(11-12)30(27,28)25-9-7-24(8-10-25)17(26)13-3-1-2-4-15(13)29-18(21,22)23/h1-6,11H,7-10H2. The van der Waals surface area contributed by atoms with E-state index in [-0.39, 0.29) is 36.6 Å². The van der Waals surface area contributed by atoms with Crippen LogP contribution in [0.2, 0.25) is 0 Å². The molecule has 0 radical (unpaired) electrons. The van der Waals surface area contributed by atoms with Gasteiger partial charge < -0.3 is 4.90 Å². The molecule has 2 aromatic carbocycles. The minimum Gasteiger partial charge on any atom is -0.336 e. The van der Waals surface area contributed by atoms with Crippen LogP contribution in [0, 0.1) is 11.6 Å². The summed E-state index contributed by atoms with van der Waals surface area (Å²) in [4.78, 5) is 12.9. The predicted octanol–water partition coefficient (Wildman–Crippen LogP) is 3.72. The van der Waals surface area contributed by atoms with Gasteiger partial charge in [-0.2, -0.15) is 17.5 Å². The quantitative estimate of drug-likeness (QED) is 0.509. The molecule has 2 aromatic rings. The Morgan fingerprint density at radius 2 is 1.60 bits per heavy atom. The van der Waals surface area contributed by atoms with E-state index in [1.54, 1.807) is 0 Å². The number of halogens is 5. The van der Waals surface area contributed by atoms with E-state index in [1.807, 2.05) is 0 Å². The van der Waals surface area contributed by atoms with E-state index < -0.39 is 49.7 Å². The van der Waals surface area contributed by atoms with Gasteiger partial charge in [0.25, 0.3) is 5.91 Å². The molecule has 12 heteroatoms. The Hall–Kier alpha value is -2.18. The normalized spacial score (nSPS) is 16.0. The summed E-state index contributed by atoms with van der Waals surface area (Å²) >= 11 is -0.406. The van der Waals surface area contributed by atoms with E-state index in [0.29, 0.717) is 12.1 Å². The van der Waals surface area contributed by atoms with Crippen LogP contribution in [0.1, 0.15) is 10.4 Å². The van der Waals surface area contributed by atoms with Gasteiger partial charge in [0, 0.05) is 31.1 Å². The molecule has 0 unspecified atom stereocenters. The van der Waals surface area contributed by atoms with Crippen LogP contribution in [-0.4, -0.2) is 55.2 Å². The maximum Gasteiger partial charge on any atom is 0.446 e. The average Bonchev–Trinajstić information content (AvgIpc) is 2.68. The molecular weight excluding hydrogens is 451 g/mol. The van der Waals surface area contributed by atoms with Crippen molar-refractivity contribution in [3.8, 4) is 0 Å². The largest absolute Gasteiger partial charge is 0.446 e. The molecule has 1 heterocycles. The summed E-state index contributed by atoms with van der Waals surface area (Å²) in [6.07, 6.45) is 0. The molecule has 0 aliphatic carbocycles. The van der Waals surface area contributed by atoms with Gasteiger partial charge >= 0.3 is 5.51 Å². The van der Waals surface area contributed by atoms with Gasteiger partial charge in [-0.3, -0.25) is 4.79 Å². The Labute approximate surface area is 173 Å². The highest BCUT2D eigenvalue weighted by Crippen LogP contribution is 2.38. The van der Waals surface area contributed by atoms with Gasteiger partial charge in [-0.15, -0.1) is 0 Å². The van der Waals surface area contributed by atoms with Gasteiger partial charge in [-0.25, -0.2) is 17.2 Å². The molecule has 0 aromatic heterocycles. The van der Waals surface area contributed by atoms with Crippen molar-refractivity contribution in [3.05, 3.63) is 59.7 Å². The summed E-state index contributed by atoms with van der Waals surface area (Å²) in [5.41, 5.74) is -4.72. The molecule has 1 aliphatic rings. The van der Waals surface area contributed by atoms with Gasteiger partial charge in [0.15, 0.2) is 0 Å². The summed E-state index contributed by atoms with van der Waals surface area (Å²) in [5.74, 6) is -2.69. The van der Waals surface area contributed by atoms with Crippen LogP contribution in [0.4, 0.5) is 22.0 Å². The lowest BCUT2D eigenvalue weighted by atomic mass is 10.2. The van der Waals surface area contributed by atoms with E-state index in [2.05, 4.69) is 0 Å². The fourth-order valence-electron chi connectivity index (χ4n) is 2.97. The lowest BCUT2D eigenvalue weighted by molar-refractivity contribution is -0.0328. The first-order valence-corrected chi connectivity index (χ1v) is 10.8. The van der Waals surface area contributed by atoms with E-state index in [1.165, 1.54) is 29.2 Å². The maximum atomic E-state index is 13.9. The Morgan fingerprint density at radius 3 is 2.23 bits per heavy atom. The van der Waals surface area contributed by atoms with E-state index in [0.717, 1.165) is 10.4 Å². The third kappa shape index (κ3) is 4.93. The molecule has 3 rings (SSSR count). The number of carbonyl (C=O) groups excluding carboxylic acids is 1. The van der Waals surface area contributed by atoms with Gasteiger partial charge in [0.1, 0.15) is 16.5 Å². The lowest BCUT2D eigenvalue weighted by Gasteiger charge is -2.34. The summed E-state index contributed by atoms with van der Waals surface area (Å²) in [6.45, 7) is -0.642. The van der Waals surface area contributed by atoms with E-state index >= 15 is 0 Å². The van der Waals surface area contributed by atoms with Crippen LogP contribution in [0.25, 0.3) is 0 Å². The number of hydrogen-bond donors (Lipinski definition) is 0. The van der Waals surface area contributed by atoms with Crippen LogP contribution in [0.15, 0.2) is 52.3 Å². The number of rotatable bonds is 4. The van der Waals surface area contributed by atoms with Gasteiger partial charge in [-0.1, -0.05) is 12.1 Å². The zero-order valence-corrected chi connectivity index (χ0v) is 16.8. The number of thioether (sulfide) groups is 1. The molecule has 0 N–H and O–H groups in total. The van der Waals surface area contributed by atoms with E-state index in [9.17, 15) is 35.2 Å². The number of hydrogen-bond acceptors (Lipinski definition) is 4. The Balaban J connectivity index is 1.75. The first-order chi connectivity index (χ1) is 14.0. The SMILES string of the molecule is O=C(c1ccccc1SC(F)(F)F)N1CCN(S(=O)(=O)c2cc(F)ccc2F)CC1. The topological polar surface area (TPSA) is 57.7 Å². The highest BCUT2D eigenvalue weighted by molar-refractivity contribution is 8.00. The molecule has 30 heavy (non-hydrogen) atoms. The van der Waals surface area contributed by atoms with Crippen molar-refractivity contribution in [1.29, 1.82) is 0 Å². The Bertz CT molecular complexity index is 1050. The number of amides is 1. The molecule has 5 nitrogen and oxygen atoms in total. The molecule has 1 fully saturated rings. The smallest absolute Gasteiger partial charge is 0.336 e. The fraction of sp³-hybridized carbons (Fsp3) is 0.278. The first-order valence-electron chi connectivity index (χ1n) is 8.58. The van der Waals surface area contributed by atoms with Crippen molar-refractivity contribution in [2.45, 2.75) is 15.3 Å². The third-order valence-electron chi connectivity index (χ3n) is 4.38. The monoisotopic (exact) mass is 466 g/mol. The number of alkyl halides is 3. The van der Waals surface area contributed by atoms with Crippen molar-refractivity contribution in [3.63, 3.8) is 0 Å². The minimum atomic E-state index is -4.57. The molecule has 0 spiro atoms.